The summed E-state index contributed by atoms with van der Waals surface area (Å²) in [6, 6.07) is 23.3. The molecule has 0 spiro atoms. The van der Waals surface area contributed by atoms with Crippen LogP contribution in [0.5, 0.6) is 17.2 Å². The van der Waals surface area contributed by atoms with Crippen LogP contribution in [-0.2, 0) is 20.9 Å². The molecule has 0 bridgehead atoms. The molecule has 206 valence electrons. The highest BCUT2D eigenvalue weighted by Crippen LogP contribution is 2.48. The highest BCUT2D eigenvalue weighted by atomic mass is 16.5. The lowest BCUT2D eigenvalue weighted by molar-refractivity contribution is -0.143. The molecule has 5 rings (SSSR count). The van der Waals surface area contributed by atoms with Crippen LogP contribution < -0.4 is 14.2 Å². The van der Waals surface area contributed by atoms with Crippen LogP contribution in [0.25, 0.3) is 0 Å². The second-order valence-corrected chi connectivity index (χ2v) is 10.1. The Morgan fingerprint density at radius 1 is 0.875 bits per heavy atom. The minimum Gasteiger partial charge on any atom is -0.497 e. The summed E-state index contributed by atoms with van der Waals surface area (Å²) in [7, 11) is 4.57. The Kier molecular flexibility index (Phi) is 8.01. The Labute approximate surface area is 234 Å². The number of carbonyl (C=O) groups excluding carboxylic acids is 2. The van der Waals surface area contributed by atoms with Gasteiger partial charge in [0.1, 0.15) is 18.3 Å². The first kappa shape index (κ1) is 27.2. The number of Topliss-reactive ketones (excluding diaryl/α,β-unsaturated/α-hetero) is 1. The van der Waals surface area contributed by atoms with Crippen molar-refractivity contribution in [3.8, 4) is 17.2 Å². The summed E-state index contributed by atoms with van der Waals surface area (Å²) in [5.41, 5.74) is 4.79. The summed E-state index contributed by atoms with van der Waals surface area (Å²) in [5.74, 6) is 0.170. The van der Waals surface area contributed by atoms with Crippen molar-refractivity contribution in [1.29, 1.82) is 0 Å². The minimum atomic E-state index is -0.717. The molecule has 0 fully saturated rings. The first-order valence-corrected chi connectivity index (χ1v) is 13.3. The molecule has 3 aromatic carbocycles. The average Bonchev–Trinajstić information content (AvgIpc) is 2.99. The largest absolute Gasteiger partial charge is 0.497 e. The highest BCUT2D eigenvalue weighted by molar-refractivity contribution is 6.09. The first-order chi connectivity index (χ1) is 19.4. The van der Waals surface area contributed by atoms with Gasteiger partial charge in [0.05, 0.1) is 21.3 Å². The number of hydrogen-bond acceptors (Lipinski definition) is 7. The number of methoxy groups -OCH3 is 3. The van der Waals surface area contributed by atoms with Gasteiger partial charge in [-0.3, -0.25) is 14.6 Å². The van der Waals surface area contributed by atoms with Gasteiger partial charge in [0.2, 0.25) is 0 Å². The Balaban J connectivity index is 1.51. The fourth-order valence-corrected chi connectivity index (χ4v) is 5.70. The number of benzene rings is 3. The van der Waals surface area contributed by atoms with Crippen molar-refractivity contribution in [3.63, 3.8) is 0 Å². The summed E-state index contributed by atoms with van der Waals surface area (Å²) in [5, 5.41) is 0. The molecule has 3 atom stereocenters. The predicted molar refractivity (Wildman–Crippen MR) is 152 cm³/mol. The van der Waals surface area contributed by atoms with Crippen LogP contribution in [0, 0.1) is 5.92 Å². The van der Waals surface area contributed by atoms with E-state index in [1.54, 1.807) is 14.2 Å². The van der Waals surface area contributed by atoms with E-state index >= 15 is 0 Å². The quantitative estimate of drug-likeness (QED) is 0.325. The Hall–Kier alpha value is -4.39. The summed E-state index contributed by atoms with van der Waals surface area (Å²) >= 11 is 0. The molecule has 0 amide bonds. The van der Waals surface area contributed by atoms with E-state index in [0.29, 0.717) is 42.2 Å². The molecule has 0 aromatic heterocycles. The maximum atomic E-state index is 13.8. The van der Waals surface area contributed by atoms with E-state index in [1.165, 1.54) is 7.11 Å². The van der Waals surface area contributed by atoms with Crippen LogP contribution in [0.1, 0.15) is 48.3 Å². The number of carbonyl (C=O) groups is 2. The smallest absolute Gasteiger partial charge is 0.315 e. The molecule has 1 unspecified atom stereocenters. The molecular formula is C33H33NO6. The van der Waals surface area contributed by atoms with Gasteiger partial charge in [-0.15, -0.1) is 0 Å². The lowest BCUT2D eigenvalue weighted by Gasteiger charge is -2.36. The number of ketones is 1. The van der Waals surface area contributed by atoms with E-state index in [0.717, 1.165) is 28.1 Å². The summed E-state index contributed by atoms with van der Waals surface area (Å²) < 4.78 is 22.2. The fourth-order valence-electron chi connectivity index (χ4n) is 5.70. The van der Waals surface area contributed by atoms with Crippen LogP contribution in [0.2, 0.25) is 0 Å². The summed E-state index contributed by atoms with van der Waals surface area (Å²) in [6.07, 6.45) is 0.935. The van der Waals surface area contributed by atoms with Gasteiger partial charge in [0.25, 0.3) is 0 Å². The van der Waals surface area contributed by atoms with Crippen LogP contribution in [0.15, 0.2) is 89.1 Å². The van der Waals surface area contributed by atoms with Crippen LogP contribution in [0.3, 0.4) is 0 Å². The lowest BCUT2D eigenvalue weighted by Crippen LogP contribution is -2.37. The van der Waals surface area contributed by atoms with E-state index in [4.69, 9.17) is 23.9 Å². The van der Waals surface area contributed by atoms with Gasteiger partial charge in [-0.25, -0.2) is 0 Å². The third-order valence-corrected chi connectivity index (χ3v) is 7.71. The molecule has 2 aliphatic rings. The van der Waals surface area contributed by atoms with Crippen molar-refractivity contribution in [2.75, 3.05) is 21.3 Å². The van der Waals surface area contributed by atoms with E-state index in [9.17, 15) is 9.59 Å². The number of rotatable bonds is 8. The van der Waals surface area contributed by atoms with Crippen LogP contribution in [0.4, 0.5) is 0 Å². The Morgan fingerprint density at radius 3 is 2.27 bits per heavy atom. The third kappa shape index (κ3) is 5.37. The molecule has 1 aliphatic carbocycles. The number of allylic oxidation sites excluding steroid dienone is 2. The average molecular weight is 540 g/mol. The minimum absolute atomic E-state index is 0.00710. The van der Waals surface area contributed by atoms with Gasteiger partial charge in [-0.1, -0.05) is 48.5 Å². The van der Waals surface area contributed by atoms with Gasteiger partial charge in [-0.2, -0.15) is 0 Å². The SMILES string of the molecule is COC(=O)C1C(C)=NC2=C(C(=O)C[C@@H](c3ccc(OC)cc3)C2)[C@@H]1c1ccc(OCc2ccccc2)c(OC)c1. The van der Waals surface area contributed by atoms with E-state index in [1.807, 2.05) is 79.7 Å². The van der Waals surface area contributed by atoms with Gasteiger partial charge in [-0.05, 0) is 60.2 Å². The van der Waals surface area contributed by atoms with Crippen LogP contribution in [-0.4, -0.2) is 38.8 Å². The number of hydrogen-bond donors (Lipinski definition) is 0. The monoisotopic (exact) mass is 539 g/mol. The van der Waals surface area contributed by atoms with E-state index in [2.05, 4.69) is 0 Å². The second-order valence-electron chi connectivity index (χ2n) is 10.1. The molecule has 7 nitrogen and oxygen atoms in total. The molecular weight excluding hydrogens is 506 g/mol. The topological polar surface area (TPSA) is 83.4 Å². The molecule has 0 saturated carbocycles. The number of esters is 1. The molecule has 3 aromatic rings. The van der Waals surface area contributed by atoms with Crippen molar-refractivity contribution in [2.45, 2.75) is 38.2 Å². The fraction of sp³-hybridized carbons (Fsp3) is 0.303. The van der Waals surface area contributed by atoms with Gasteiger partial charge in [0, 0.05) is 29.3 Å². The van der Waals surface area contributed by atoms with Crippen molar-refractivity contribution in [2.24, 2.45) is 10.9 Å². The molecule has 7 heteroatoms. The van der Waals surface area contributed by atoms with Gasteiger partial charge < -0.3 is 18.9 Å². The van der Waals surface area contributed by atoms with E-state index < -0.39 is 17.8 Å². The molecule has 0 radical (unpaired) electrons. The summed E-state index contributed by atoms with van der Waals surface area (Å²) in [6.45, 7) is 2.21. The maximum absolute atomic E-state index is 13.8. The van der Waals surface area contributed by atoms with E-state index in [-0.39, 0.29) is 11.7 Å². The normalized spacial score (nSPS) is 20.4. The lowest BCUT2D eigenvalue weighted by atomic mass is 9.69. The molecule has 0 N–H and O–H groups in total. The zero-order valence-electron chi connectivity index (χ0n) is 23.2. The number of aliphatic imine (C=N–C) groups is 1. The maximum Gasteiger partial charge on any atom is 0.315 e. The van der Waals surface area contributed by atoms with Crippen LogP contribution >= 0.6 is 0 Å². The third-order valence-electron chi connectivity index (χ3n) is 7.71. The predicted octanol–water partition coefficient (Wildman–Crippen LogP) is 6.03. The first-order valence-electron chi connectivity index (χ1n) is 13.3. The number of ether oxygens (including phenoxy) is 4. The Morgan fingerprint density at radius 2 is 1.60 bits per heavy atom. The second kappa shape index (κ2) is 11.8. The van der Waals surface area contributed by atoms with Crippen molar-refractivity contribution in [1.82, 2.24) is 0 Å². The highest BCUT2D eigenvalue weighted by Gasteiger charge is 2.44. The van der Waals surface area contributed by atoms with Gasteiger partial charge in [0.15, 0.2) is 17.3 Å². The Bertz CT molecular complexity index is 1460. The molecule has 0 saturated heterocycles. The molecule has 1 aliphatic heterocycles. The van der Waals surface area contributed by atoms with Crippen molar-refractivity contribution in [3.05, 3.63) is 101 Å². The molecule has 40 heavy (non-hydrogen) atoms. The van der Waals surface area contributed by atoms with Gasteiger partial charge >= 0.3 is 5.97 Å². The number of nitrogens with zero attached hydrogens (tertiary/aromatic N) is 1. The summed E-state index contributed by atoms with van der Waals surface area (Å²) in [4.78, 5) is 31.7. The standard InChI is InChI=1S/C33H33NO6/c1-20-30(33(36)39-4)31(23-12-15-28(29(18-23)38-3)40-19-21-8-6-5-7-9-21)32-26(34-20)16-24(17-27(32)35)22-10-13-25(37-2)14-11-22/h5-15,18,24,30-31H,16-17,19H2,1-4H3/t24-,30?,31+/m0/s1. The molecule has 1 heterocycles. The zero-order chi connectivity index (χ0) is 28.2. The van der Waals surface area contributed by atoms with Crippen molar-refractivity contribution >= 4 is 17.5 Å². The van der Waals surface area contributed by atoms with Crippen molar-refractivity contribution < 1.29 is 28.5 Å². The zero-order valence-corrected chi connectivity index (χ0v) is 23.2.